The van der Waals surface area contributed by atoms with Gasteiger partial charge in [-0.05, 0) is 88.8 Å². The van der Waals surface area contributed by atoms with Crippen LogP contribution in [0.1, 0.15) is 147 Å². The van der Waals surface area contributed by atoms with Crippen LogP contribution in [0.3, 0.4) is 0 Å². The molecule has 2 aromatic carbocycles. The van der Waals surface area contributed by atoms with E-state index in [0.717, 1.165) is 5.92 Å². The molecule has 41 heavy (non-hydrogen) atoms. The average molecular weight is 557 g/mol. The van der Waals surface area contributed by atoms with Gasteiger partial charge in [0.25, 0.3) is 0 Å². The molecule has 0 spiro atoms. The fourth-order valence-electron chi connectivity index (χ4n) is 5.32. The van der Waals surface area contributed by atoms with Crippen molar-refractivity contribution in [2.24, 2.45) is 11.8 Å². The summed E-state index contributed by atoms with van der Waals surface area (Å²) in [6.07, 6.45) is 22.9. The lowest BCUT2D eigenvalue weighted by Gasteiger charge is -2.27. The van der Waals surface area contributed by atoms with Crippen LogP contribution in [-0.4, -0.2) is 0 Å². The van der Waals surface area contributed by atoms with Crippen molar-refractivity contribution in [3.8, 4) is 12.3 Å². The summed E-state index contributed by atoms with van der Waals surface area (Å²) in [5.74, 6) is 4.91. The van der Waals surface area contributed by atoms with Crippen molar-refractivity contribution < 1.29 is 0 Å². The SMILES string of the molecule is C#CC(c1ccc(C)cc1)C1CCCCC1.C/C=C(\C)c1ccc(C)cc1.C=C(C)C1CCCCC1.CC.CCC. The summed E-state index contributed by atoms with van der Waals surface area (Å²) in [6, 6.07) is 17.3. The van der Waals surface area contributed by atoms with Crippen molar-refractivity contribution >= 4 is 5.57 Å². The topological polar surface area (TPSA) is 0 Å². The summed E-state index contributed by atoms with van der Waals surface area (Å²) >= 11 is 0. The van der Waals surface area contributed by atoms with Crippen LogP contribution in [0.2, 0.25) is 0 Å². The van der Waals surface area contributed by atoms with E-state index in [-0.39, 0.29) is 0 Å². The number of rotatable bonds is 4. The summed E-state index contributed by atoms with van der Waals surface area (Å²) in [4.78, 5) is 0. The number of terminal acetylenes is 1. The fraction of sp³-hybridized carbons (Fsp3) is 0.561. The molecule has 4 rings (SSSR count). The fourth-order valence-corrected chi connectivity index (χ4v) is 5.32. The smallest absolute Gasteiger partial charge is 0.0477 e. The van der Waals surface area contributed by atoms with Gasteiger partial charge in [-0.15, -0.1) is 6.42 Å². The largest absolute Gasteiger partial charge is 0.119 e. The van der Waals surface area contributed by atoms with Crippen LogP contribution in [-0.2, 0) is 0 Å². The standard InChI is InChI=1S/C16H20.C11H14.C9H16.C3H8.C2H6/c1-3-16(14-7-5-4-6-8-14)15-11-9-13(2)10-12-15;1-4-10(3)11-7-5-9(2)6-8-11;1-8(2)9-6-4-3-5-7-9;1-3-2;1-2/h1,9-12,14,16H,4-8H2,2H3;4-8H,1-3H3;9H,1,3-7H2,2H3;3H2,1-2H3;1-2H3/b;10-4+;;;. The van der Waals surface area contributed by atoms with E-state index in [9.17, 15) is 0 Å². The van der Waals surface area contributed by atoms with Crippen molar-refractivity contribution in [3.63, 3.8) is 0 Å². The van der Waals surface area contributed by atoms with E-state index in [1.54, 1.807) is 0 Å². The predicted octanol–water partition coefficient (Wildman–Crippen LogP) is 13.3. The number of hydrogen-bond donors (Lipinski definition) is 0. The van der Waals surface area contributed by atoms with Gasteiger partial charge in [0.2, 0.25) is 0 Å². The molecule has 0 bridgehead atoms. The van der Waals surface area contributed by atoms with Crippen molar-refractivity contribution in [1.82, 2.24) is 0 Å². The summed E-state index contributed by atoms with van der Waals surface area (Å²) in [5.41, 5.74) is 8.01. The Morgan fingerprint density at radius 2 is 1.22 bits per heavy atom. The Hall–Kier alpha value is -2.52. The first-order valence-corrected chi connectivity index (χ1v) is 16.6. The first-order chi connectivity index (χ1) is 19.8. The molecule has 2 fully saturated rings. The lowest BCUT2D eigenvalue weighted by atomic mass is 9.77. The van der Waals surface area contributed by atoms with E-state index in [1.807, 2.05) is 13.8 Å². The minimum absolute atomic E-state index is 0.334. The zero-order chi connectivity index (χ0) is 31.0. The predicted molar refractivity (Wildman–Crippen MR) is 189 cm³/mol. The van der Waals surface area contributed by atoms with Crippen LogP contribution in [0.25, 0.3) is 5.57 Å². The minimum Gasteiger partial charge on any atom is -0.119 e. The van der Waals surface area contributed by atoms with Crippen LogP contribution in [0.5, 0.6) is 0 Å². The Morgan fingerprint density at radius 3 is 1.59 bits per heavy atom. The van der Waals surface area contributed by atoms with E-state index in [4.69, 9.17) is 6.42 Å². The van der Waals surface area contributed by atoms with Crippen LogP contribution in [0.4, 0.5) is 0 Å². The molecule has 0 aliphatic heterocycles. The van der Waals surface area contributed by atoms with Gasteiger partial charge in [-0.2, -0.15) is 0 Å². The Balaban J connectivity index is 0.000000562. The highest BCUT2D eigenvalue weighted by atomic mass is 14.3. The Bertz CT molecular complexity index is 968. The van der Waals surface area contributed by atoms with Crippen molar-refractivity contribution in [2.45, 2.75) is 139 Å². The molecule has 2 aromatic rings. The molecule has 2 saturated carbocycles. The first kappa shape index (κ1) is 38.5. The molecular formula is C41H64. The zero-order valence-electron chi connectivity index (χ0n) is 28.5. The van der Waals surface area contributed by atoms with Gasteiger partial charge in [-0.3, -0.25) is 0 Å². The maximum Gasteiger partial charge on any atom is 0.0477 e. The van der Waals surface area contributed by atoms with E-state index >= 15 is 0 Å². The van der Waals surface area contributed by atoms with Gasteiger partial charge in [0.15, 0.2) is 0 Å². The Morgan fingerprint density at radius 1 is 0.805 bits per heavy atom. The van der Waals surface area contributed by atoms with Crippen molar-refractivity contribution in [3.05, 3.63) is 89.0 Å². The van der Waals surface area contributed by atoms with Gasteiger partial charge >= 0.3 is 0 Å². The van der Waals surface area contributed by atoms with Crippen LogP contribution in [0, 0.1) is 38.0 Å². The molecule has 0 saturated heterocycles. The monoisotopic (exact) mass is 557 g/mol. The summed E-state index contributed by atoms with van der Waals surface area (Å²) in [7, 11) is 0. The second-order valence-electron chi connectivity index (χ2n) is 11.7. The molecule has 0 aromatic heterocycles. The minimum atomic E-state index is 0.334. The third-order valence-corrected chi connectivity index (χ3v) is 7.98. The number of allylic oxidation sites excluding steroid dienone is 3. The van der Waals surface area contributed by atoms with Crippen LogP contribution >= 0.6 is 0 Å². The summed E-state index contributed by atoms with van der Waals surface area (Å²) < 4.78 is 0. The maximum absolute atomic E-state index is 5.72. The lowest BCUT2D eigenvalue weighted by molar-refractivity contribution is 0.337. The van der Waals surface area contributed by atoms with Gasteiger partial charge in [-0.25, -0.2) is 0 Å². The molecule has 0 N–H and O–H groups in total. The van der Waals surface area contributed by atoms with Gasteiger partial charge < -0.3 is 0 Å². The highest BCUT2D eigenvalue weighted by molar-refractivity contribution is 5.63. The highest BCUT2D eigenvalue weighted by Crippen LogP contribution is 2.35. The second-order valence-corrected chi connectivity index (χ2v) is 11.7. The quantitative estimate of drug-likeness (QED) is 0.259. The van der Waals surface area contributed by atoms with Gasteiger partial charge in [0, 0.05) is 5.92 Å². The molecule has 0 heterocycles. The zero-order valence-corrected chi connectivity index (χ0v) is 28.5. The molecule has 1 unspecified atom stereocenters. The molecule has 0 amide bonds. The third-order valence-electron chi connectivity index (χ3n) is 7.98. The Kier molecular flexibility index (Phi) is 22.6. The molecule has 2 aliphatic carbocycles. The maximum atomic E-state index is 5.72. The van der Waals surface area contributed by atoms with Gasteiger partial charge in [0.1, 0.15) is 0 Å². The van der Waals surface area contributed by atoms with E-state index in [1.165, 1.54) is 104 Å². The number of hydrogen-bond acceptors (Lipinski definition) is 0. The molecule has 2 aliphatic rings. The van der Waals surface area contributed by atoms with Crippen LogP contribution < -0.4 is 0 Å². The van der Waals surface area contributed by atoms with Gasteiger partial charge in [-0.1, -0.05) is 156 Å². The molecule has 0 heteroatoms. The van der Waals surface area contributed by atoms with Gasteiger partial charge in [0.05, 0.1) is 0 Å². The molecule has 1 atom stereocenters. The van der Waals surface area contributed by atoms with Crippen LogP contribution in [0.15, 0.2) is 66.8 Å². The summed E-state index contributed by atoms with van der Waals surface area (Å²) in [6.45, 7) is 22.8. The number of benzene rings is 2. The Labute approximate surface area is 257 Å². The summed E-state index contributed by atoms with van der Waals surface area (Å²) in [5, 5.41) is 0. The third kappa shape index (κ3) is 16.5. The molecular weight excluding hydrogens is 492 g/mol. The van der Waals surface area contributed by atoms with E-state index in [0.29, 0.717) is 11.8 Å². The molecule has 228 valence electrons. The van der Waals surface area contributed by atoms with E-state index < -0.39 is 0 Å². The molecule has 0 nitrogen and oxygen atoms in total. The highest BCUT2D eigenvalue weighted by Gasteiger charge is 2.23. The first-order valence-electron chi connectivity index (χ1n) is 16.6. The second kappa shape index (κ2) is 24.1. The van der Waals surface area contributed by atoms with Crippen molar-refractivity contribution in [2.75, 3.05) is 0 Å². The van der Waals surface area contributed by atoms with E-state index in [2.05, 4.69) is 116 Å². The molecule has 0 radical (unpaired) electrons. The lowest BCUT2D eigenvalue weighted by Crippen LogP contribution is -2.15. The van der Waals surface area contributed by atoms with Crippen molar-refractivity contribution in [1.29, 1.82) is 0 Å². The average Bonchev–Trinajstić information content (AvgIpc) is 3.01. The normalized spacial score (nSPS) is 16.0. The number of aryl methyl sites for hydroxylation is 2.